The number of aryl methyl sites for hydroxylation is 1. The molecule has 0 spiro atoms. The highest BCUT2D eigenvalue weighted by atomic mass is 32.1. The van der Waals surface area contributed by atoms with E-state index in [4.69, 9.17) is 4.74 Å². The molecule has 33 heavy (non-hydrogen) atoms. The van der Waals surface area contributed by atoms with Gasteiger partial charge < -0.3 is 10.1 Å². The van der Waals surface area contributed by atoms with E-state index in [1.165, 1.54) is 4.88 Å². The number of amides is 1. The first-order chi connectivity index (χ1) is 16.1. The molecule has 0 radical (unpaired) electrons. The van der Waals surface area contributed by atoms with Gasteiger partial charge in [0.05, 0.1) is 12.8 Å². The lowest BCUT2D eigenvalue weighted by Crippen LogP contribution is -2.21. The average molecular weight is 459 g/mol. The van der Waals surface area contributed by atoms with Gasteiger partial charge in [-0.05, 0) is 56.7 Å². The van der Waals surface area contributed by atoms with Crippen LogP contribution in [0.3, 0.4) is 0 Å². The molecule has 2 aromatic heterocycles. The zero-order valence-corrected chi connectivity index (χ0v) is 19.8. The van der Waals surface area contributed by atoms with Gasteiger partial charge in [-0.2, -0.15) is 0 Å². The summed E-state index contributed by atoms with van der Waals surface area (Å²) in [6.07, 6.45) is 1.89. The van der Waals surface area contributed by atoms with E-state index in [1.54, 1.807) is 11.3 Å². The van der Waals surface area contributed by atoms with E-state index in [-0.39, 0.29) is 11.9 Å². The van der Waals surface area contributed by atoms with Crippen LogP contribution >= 0.6 is 11.3 Å². The van der Waals surface area contributed by atoms with Crippen molar-refractivity contribution in [3.8, 4) is 5.75 Å². The van der Waals surface area contributed by atoms with Gasteiger partial charge in [-0.1, -0.05) is 36.4 Å². The maximum Gasteiger partial charge on any atom is 0.272 e. The normalized spacial score (nSPS) is 11.6. The van der Waals surface area contributed by atoms with Gasteiger partial charge in [0, 0.05) is 27.6 Å². The molecule has 4 aromatic rings. The van der Waals surface area contributed by atoms with Gasteiger partial charge in [-0.15, -0.1) is 11.3 Å². The Hall–Kier alpha value is -3.64. The Bertz CT molecular complexity index is 1210. The number of thiophene rings is 1. The first-order valence-corrected chi connectivity index (χ1v) is 11.8. The molecule has 1 amide bonds. The number of H-pyrrole nitrogens is 1. The van der Waals surface area contributed by atoms with E-state index >= 15 is 0 Å². The first-order valence-electron chi connectivity index (χ1n) is 11.0. The van der Waals surface area contributed by atoms with Crippen molar-refractivity contribution in [2.45, 2.75) is 26.8 Å². The number of aromatic amines is 1. The summed E-state index contributed by atoms with van der Waals surface area (Å²) in [6.45, 7) is 6.80. The van der Waals surface area contributed by atoms with Crippen molar-refractivity contribution in [2.75, 3.05) is 17.2 Å². The number of benzene rings is 2. The molecule has 2 aromatic carbocycles. The Labute approximate surface area is 198 Å². The summed E-state index contributed by atoms with van der Waals surface area (Å²) in [4.78, 5) is 17.4. The second-order valence-electron chi connectivity index (χ2n) is 7.70. The standard InChI is InChI=1S/C27H27N3O2S/c1-4-32-22-15-13-20(14-16-22)25(29-23-12-8-9-17-28-23)24-18(2)19(3)33-27(24)30-26(31)21-10-6-5-7-11-21/h5-17,25H,4H2,1-3H3,(H,28,29)(H,30,31)/p+1/t25-/m0/s1. The zero-order chi connectivity index (χ0) is 23.2. The molecule has 5 nitrogen and oxygen atoms in total. The highest BCUT2D eigenvalue weighted by Crippen LogP contribution is 2.41. The second kappa shape index (κ2) is 10.3. The lowest BCUT2D eigenvalue weighted by atomic mass is 9.96. The van der Waals surface area contributed by atoms with Crippen molar-refractivity contribution in [1.82, 2.24) is 0 Å². The van der Waals surface area contributed by atoms with Crippen LogP contribution in [0.1, 0.15) is 44.9 Å². The van der Waals surface area contributed by atoms with Crippen LogP contribution < -0.4 is 20.4 Å². The number of hydrogen-bond acceptors (Lipinski definition) is 4. The van der Waals surface area contributed by atoms with Gasteiger partial charge in [0.2, 0.25) is 0 Å². The predicted molar refractivity (Wildman–Crippen MR) is 134 cm³/mol. The monoisotopic (exact) mass is 458 g/mol. The van der Waals surface area contributed by atoms with Crippen LogP contribution in [0.25, 0.3) is 0 Å². The molecule has 0 aliphatic heterocycles. The van der Waals surface area contributed by atoms with E-state index in [2.05, 4.69) is 41.6 Å². The van der Waals surface area contributed by atoms with Crippen molar-refractivity contribution in [3.05, 3.63) is 106 Å². The topological polar surface area (TPSA) is 64.5 Å². The van der Waals surface area contributed by atoms with Crippen molar-refractivity contribution in [2.24, 2.45) is 0 Å². The Balaban J connectivity index is 1.75. The molecule has 1 atom stereocenters. The molecular weight excluding hydrogens is 430 g/mol. The van der Waals surface area contributed by atoms with Crippen LogP contribution in [0, 0.1) is 13.8 Å². The van der Waals surface area contributed by atoms with Crippen LogP contribution in [0.4, 0.5) is 10.8 Å². The number of ether oxygens (including phenoxy) is 1. The number of pyridine rings is 1. The number of nitrogens with one attached hydrogen (secondary N) is 3. The molecule has 0 fully saturated rings. The number of anilines is 2. The van der Waals surface area contributed by atoms with E-state index in [0.717, 1.165) is 33.3 Å². The third kappa shape index (κ3) is 5.23. The molecule has 0 saturated carbocycles. The molecule has 0 bridgehead atoms. The van der Waals surface area contributed by atoms with Gasteiger partial charge in [0.15, 0.2) is 0 Å². The molecule has 0 unspecified atom stereocenters. The summed E-state index contributed by atoms with van der Waals surface area (Å²) in [7, 11) is 0. The van der Waals surface area contributed by atoms with Crippen molar-refractivity contribution < 1.29 is 14.5 Å². The minimum atomic E-state index is -0.171. The Morgan fingerprint density at radius 1 is 1.00 bits per heavy atom. The summed E-state index contributed by atoms with van der Waals surface area (Å²) >= 11 is 1.60. The van der Waals surface area contributed by atoms with Crippen molar-refractivity contribution in [1.29, 1.82) is 0 Å². The summed E-state index contributed by atoms with van der Waals surface area (Å²) in [6, 6.07) is 23.2. The summed E-state index contributed by atoms with van der Waals surface area (Å²) in [5, 5.41) is 7.64. The second-order valence-corrected chi connectivity index (χ2v) is 8.93. The molecule has 4 rings (SSSR count). The van der Waals surface area contributed by atoms with Gasteiger partial charge in [-0.3, -0.25) is 10.1 Å². The summed E-state index contributed by atoms with van der Waals surface area (Å²) in [5.41, 5.74) is 3.93. The maximum absolute atomic E-state index is 13.0. The molecular formula is C27H28N3O2S+. The largest absolute Gasteiger partial charge is 0.494 e. The van der Waals surface area contributed by atoms with Crippen molar-refractivity contribution >= 4 is 28.1 Å². The molecule has 3 N–H and O–H groups in total. The maximum atomic E-state index is 13.0. The van der Waals surface area contributed by atoms with E-state index in [0.29, 0.717) is 12.2 Å². The fourth-order valence-electron chi connectivity index (χ4n) is 3.73. The van der Waals surface area contributed by atoms with Gasteiger partial charge in [-0.25, -0.2) is 4.98 Å². The number of aromatic nitrogens is 1. The minimum Gasteiger partial charge on any atom is -0.494 e. The third-order valence-corrected chi connectivity index (χ3v) is 6.66. The fourth-order valence-corrected chi connectivity index (χ4v) is 4.83. The summed E-state index contributed by atoms with van der Waals surface area (Å²) < 4.78 is 5.64. The minimum absolute atomic E-state index is 0.116. The van der Waals surface area contributed by atoms with E-state index in [1.807, 2.05) is 73.8 Å². The smallest absolute Gasteiger partial charge is 0.272 e. The molecule has 168 valence electrons. The van der Waals surface area contributed by atoms with E-state index < -0.39 is 0 Å². The lowest BCUT2D eigenvalue weighted by Gasteiger charge is -2.18. The van der Waals surface area contributed by atoms with Crippen LogP contribution in [0.5, 0.6) is 5.75 Å². The zero-order valence-electron chi connectivity index (χ0n) is 19.0. The fraction of sp³-hybridized carbons (Fsp3) is 0.185. The quantitative estimate of drug-likeness (QED) is 0.339. The van der Waals surface area contributed by atoms with Crippen LogP contribution in [0.15, 0.2) is 79.0 Å². The highest BCUT2D eigenvalue weighted by Gasteiger charge is 2.28. The third-order valence-electron chi connectivity index (χ3n) is 5.52. The van der Waals surface area contributed by atoms with Gasteiger partial charge in [0.1, 0.15) is 16.8 Å². The van der Waals surface area contributed by atoms with Gasteiger partial charge in [0.25, 0.3) is 11.7 Å². The Morgan fingerprint density at radius 2 is 1.73 bits per heavy atom. The van der Waals surface area contributed by atoms with Crippen LogP contribution in [-0.2, 0) is 0 Å². The molecule has 0 aliphatic carbocycles. The molecule has 6 heteroatoms. The average Bonchev–Trinajstić information content (AvgIpc) is 3.12. The van der Waals surface area contributed by atoms with Gasteiger partial charge >= 0.3 is 0 Å². The molecule has 2 heterocycles. The number of carbonyl (C=O) groups is 1. The summed E-state index contributed by atoms with van der Waals surface area (Å²) in [5.74, 6) is 1.61. The number of carbonyl (C=O) groups excluding carboxylic acids is 1. The van der Waals surface area contributed by atoms with E-state index in [9.17, 15) is 4.79 Å². The number of hydrogen-bond donors (Lipinski definition) is 2. The van der Waals surface area contributed by atoms with Crippen LogP contribution in [-0.4, -0.2) is 12.5 Å². The Kier molecular flexibility index (Phi) is 7.05. The van der Waals surface area contributed by atoms with Crippen molar-refractivity contribution in [3.63, 3.8) is 0 Å². The Morgan fingerprint density at radius 3 is 2.39 bits per heavy atom. The SMILES string of the molecule is CCOc1ccc([C@H](Nc2cccc[nH+]2)c2c(NC(=O)c3ccccc3)sc(C)c2C)cc1. The molecule has 0 saturated heterocycles. The lowest BCUT2D eigenvalue weighted by molar-refractivity contribution is -0.361. The molecule has 0 aliphatic rings. The number of rotatable bonds is 8. The predicted octanol–water partition coefficient (Wildman–Crippen LogP) is 6.03. The highest BCUT2D eigenvalue weighted by molar-refractivity contribution is 7.16. The van der Waals surface area contributed by atoms with Crippen LogP contribution in [0.2, 0.25) is 0 Å². The first kappa shape index (κ1) is 22.6.